The average molecular weight is 224 g/mol. The molecule has 0 spiro atoms. The monoisotopic (exact) mass is 224 g/mol. The second-order valence-corrected chi connectivity index (χ2v) is 3.40. The maximum atomic E-state index is 9.70. The van der Waals surface area contributed by atoms with Gasteiger partial charge in [-0.05, 0) is 18.7 Å². The summed E-state index contributed by atoms with van der Waals surface area (Å²) in [4.78, 5) is 11.8. The highest BCUT2D eigenvalue weighted by atomic mass is 16.4. The topological polar surface area (TPSA) is 52.6 Å². The first-order valence-electron chi connectivity index (χ1n) is 5.22. The van der Waals surface area contributed by atoms with E-state index in [9.17, 15) is 4.79 Å². The minimum atomic E-state index is -0.804. The molecule has 0 atom stereocenters. The second-order valence-electron chi connectivity index (χ2n) is 3.40. The van der Waals surface area contributed by atoms with Gasteiger partial charge in [-0.15, -0.1) is 0 Å². The Bertz CT molecular complexity index is 286. The number of para-hydroxylation sites is 1. The van der Waals surface area contributed by atoms with Gasteiger partial charge >= 0.3 is 5.97 Å². The van der Waals surface area contributed by atoms with Gasteiger partial charge in [-0.25, -0.2) is 0 Å². The number of nitrogens with zero attached hydrogens (tertiary/aromatic N) is 1. The molecule has 1 aromatic rings. The van der Waals surface area contributed by atoms with E-state index in [1.54, 1.807) is 0 Å². The van der Waals surface area contributed by atoms with Crippen LogP contribution in [-0.4, -0.2) is 38.3 Å². The lowest BCUT2D eigenvalue weighted by Crippen LogP contribution is -2.21. The number of nitrogens with one attached hydrogen (secondary N) is 1. The number of carboxylic acid groups (broad SMARTS) is 1. The summed E-state index contributed by atoms with van der Waals surface area (Å²) < 4.78 is 0. The van der Waals surface area contributed by atoms with Crippen LogP contribution in [0.4, 0.5) is 5.69 Å². The Hall–Kier alpha value is -1.55. The van der Waals surface area contributed by atoms with Crippen molar-refractivity contribution in [2.75, 3.05) is 32.1 Å². The van der Waals surface area contributed by atoms with Crippen LogP contribution in [0.1, 0.15) is 6.92 Å². The Kier molecular flexibility index (Phi) is 7.89. The zero-order valence-corrected chi connectivity index (χ0v) is 10.1. The van der Waals surface area contributed by atoms with Crippen molar-refractivity contribution in [1.29, 1.82) is 0 Å². The zero-order chi connectivity index (χ0) is 12.4. The molecule has 0 unspecified atom stereocenters. The maximum absolute atomic E-state index is 9.70. The standard InChI is InChI=1S/C8H11N.C4H9NO2/c1-9(2)8-6-4-3-5-7-8;1-2-5-3-4(6)7/h3-7H,1-2H3;5H,2-3H2,1H3,(H,6,7). The van der Waals surface area contributed by atoms with E-state index in [-0.39, 0.29) is 6.54 Å². The smallest absolute Gasteiger partial charge is 0.317 e. The second kappa shape index (κ2) is 8.73. The molecule has 0 radical (unpaired) electrons. The van der Waals surface area contributed by atoms with Gasteiger partial charge < -0.3 is 15.3 Å². The van der Waals surface area contributed by atoms with Crippen molar-refractivity contribution in [1.82, 2.24) is 5.32 Å². The summed E-state index contributed by atoms with van der Waals surface area (Å²) in [6.45, 7) is 2.64. The van der Waals surface area contributed by atoms with E-state index < -0.39 is 5.97 Å². The lowest BCUT2D eigenvalue weighted by Gasteiger charge is -2.10. The van der Waals surface area contributed by atoms with Crippen molar-refractivity contribution < 1.29 is 9.90 Å². The van der Waals surface area contributed by atoms with Gasteiger partial charge in [0.25, 0.3) is 0 Å². The average Bonchev–Trinajstić information content (AvgIpc) is 2.28. The Morgan fingerprint density at radius 3 is 2.12 bits per heavy atom. The highest BCUT2D eigenvalue weighted by molar-refractivity contribution is 5.68. The van der Waals surface area contributed by atoms with Crippen LogP contribution in [0.2, 0.25) is 0 Å². The molecule has 0 saturated heterocycles. The van der Waals surface area contributed by atoms with Gasteiger partial charge in [0.05, 0.1) is 6.54 Å². The van der Waals surface area contributed by atoms with E-state index >= 15 is 0 Å². The predicted molar refractivity (Wildman–Crippen MR) is 66.9 cm³/mol. The van der Waals surface area contributed by atoms with Crippen LogP contribution in [0, 0.1) is 0 Å². The molecule has 4 heteroatoms. The molecular weight excluding hydrogens is 204 g/mol. The van der Waals surface area contributed by atoms with E-state index in [0.717, 1.165) is 0 Å². The third-order valence-corrected chi connectivity index (χ3v) is 1.80. The molecule has 1 aromatic carbocycles. The number of likely N-dealkylation sites (N-methyl/N-ethyl adjacent to an activating group) is 1. The molecule has 0 aromatic heterocycles. The normalized spacial score (nSPS) is 8.94. The van der Waals surface area contributed by atoms with Crippen molar-refractivity contribution in [3.63, 3.8) is 0 Å². The quantitative estimate of drug-likeness (QED) is 0.812. The molecule has 2 N–H and O–H groups in total. The van der Waals surface area contributed by atoms with Gasteiger partial charge in [0, 0.05) is 19.8 Å². The number of rotatable bonds is 4. The van der Waals surface area contributed by atoms with Crippen LogP contribution in [0.25, 0.3) is 0 Å². The Morgan fingerprint density at radius 2 is 1.88 bits per heavy atom. The summed E-state index contributed by atoms with van der Waals surface area (Å²) in [5, 5.41) is 10.6. The largest absolute Gasteiger partial charge is 0.480 e. The number of benzene rings is 1. The summed E-state index contributed by atoms with van der Waals surface area (Å²) in [7, 11) is 4.07. The van der Waals surface area contributed by atoms with Crippen LogP contribution in [-0.2, 0) is 4.79 Å². The molecule has 0 aliphatic carbocycles. The van der Waals surface area contributed by atoms with Crippen molar-refractivity contribution in [2.24, 2.45) is 0 Å². The fraction of sp³-hybridized carbons (Fsp3) is 0.417. The molecule has 1 rings (SSSR count). The van der Waals surface area contributed by atoms with Crippen molar-refractivity contribution >= 4 is 11.7 Å². The summed E-state index contributed by atoms with van der Waals surface area (Å²) in [5.41, 5.74) is 1.25. The number of carboxylic acids is 1. The molecule has 0 aliphatic rings. The lowest BCUT2D eigenvalue weighted by atomic mass is 10.3. The van der Waals surface area contributed by atoms with Crippen LogP contribution < -0.4 is 10.2 Å². The molecule has 0 heterocycles. The molecular formula is C12H20N2O2. The first-order valence-corrected chi connectivity index (χ1v) is 5.22. The minimum absolute atomic E-state index is 0.0660. The highest BCUT2D eigenvalue weighted by Crippen LogP contribution is 2.07. The number of aliphatic carboxylic acids is 1. The van der Waals surface area contributed by atoms with Crippen LogP contribution in [0.3, 0.4) is 0 Å². The highest BCUT2D eigenvalue weighted by Gasteiger charge is 1.89. The van der Waals surface area contributed by atoms with Crippen LogP contribution in [0.15, 0.2) is 30.3 Å². The Morgan fingerprint density at radius 1 is 1.31 bits per heavy atom. The summed E-state index contributed by atoms with van der Waals surface area (Å²) in [6.07, 6.45) is 0. The fourth-order valence-electron chi connectivity index (χ4n) is 0.958. The Balaban J connectivity index is 0.000000293. The molecule has 90 valence electrons. The van der Waals surface area contributed by atoms with Gasteiger partial charge in [0.2, 0.25) is 0 Å². The van der Waals surface area contributed by atoms with E-state index in [0.29, 0.717) is 6.54 Å². The lowest BCUT2D eigenvalue weighted by molar-refractivity contribution is -0.135. The predicted octanol–water partition coefficient (Wildman–Crippen LogP) is 1.43. The number of hydrogen-bond donors (Lipinski definition) is 2. The van der Waals surface area contributed by atoms with Gasteiger partial charge in [-0.2, -0.15) is 0 Å². The summed E-state index contributed by atoms with van der Waals surface area (Å²) in [6, 6.07) is 10.3. The van der Waals surface area contributed by atoms with Gasteiger partial charge in [-0.1, -0.05) is 25.1 Å². The molecule has 0 saturated carbocycles. The third kappa shape index (κ3) is 7.82. The first kappa shape index (κ1) is 14.5. The van der Waals surface area contributed by atoms with Crippen molar-refractivity contribution in [3.8, 4) is 0 Å². The van der Waals surface area contributed by atoms with Crippen LogP contribution >= 0.6 is 0 Å². The van der Waals surface area contributed by atoms with Gasteiger partial charge in [0.1, 0.15) is 0 Å². The summed E-state index contributed by atoms with van der Waals surface area (Å²) in [5.74, 6) is -0.804. The molecule has 0 fully saturated rings. The van der Waals surface area contributed by atoms with Gasteiger partial charge in [-0.3, -0.25) is 4.79 Å². The summed E-state index contributed by atoms with van der Waals surface area (Å²) >= 11 is 0. The maximum Gasteiger partial charge on any atom is 0.317 e. The van der Waals surface area contributed by atoms with Crippen molar-refractivity contribution in [2.45, 2.75) is 6.92 Å². The molecule has 0 bridgehead atoms. The van der Waals surface area contributed by atoms with E-state index in [2.05, 4.69) is 22.3 Å². The van der Waals surface area contributed by atoms with Crippen LogP contribution in [0.5, 0.6) is 0 Å². The fourth-order valence-corrected chi connectivity index (χ4v) is 0.958. The van der Waals surface area contributed by atoms with Gasteiger partial charge in [0.15, 0.2) is 0 Å². The third-order valence-electron chi connectivity index (χ3n) is 1.80. The van der Waals surface area contributed by atoms with Crippen molar-refractivity contribution in [3.05, 3.63) is 30.3 Å². The molecule has 4 nitrogen and oxygen atoms in total. The number of carbonyl (C=O) groups is 1. The van der Waals surface area contributed by atoms with E-state index in [1.165, 1.54) is 5.69 Å². The SMILES string of the molecule is CCNCC(=O)O.CN(C)c1ccccc1. The first-order chi connectivity index (χ1) is 7.57. The minimum Gasteiger partial charge on any atom is -0.480 e. The zero-order valence-electron chi connectivity index (χ0n) is 10.1. The van der Waals surface area contributed by atoms with E-state index in [4.69, 9.17) is 5.11 Å². The Labute approximate surface area is 96.9 Å². The molecule has 0 amide bonds. The number of hydrogen-bond acceptors (Lipinski definition) is 3. The van der Waals surface area contributed by atoms with E-state index in [1.807, 2.05) is 39.2 Å². The molecule has 16 heavy (non-hydrogen) atoms. The molecule has 0 aliphatic heterocycles. The number of anilines is 1.